The van der Waals surface area contributed by atoms with Crippen molar-refractivity contribution >= 4 is 5.97 Å². The Balaban J connectivity index is 2.64. The van der Waals surface area contributed by atoms with Crippen molar-refractivity contribution in [3.63, 3.8) is 0 Å². The van der Waals surface area contributed by atoms with E-state index in [4.69, 9.17) is 5.11 Å². The summed E-state index contributed by atoms with van der Waals surface area (Å²) in [5.74, 6) is -1.14. The summed E-state index contributed by atoms with van der Waals surface area (Å²) in [5, 5.41) is 8.60. The van der Waals surface area contributed by atoms with Crippen LogP contribution < -0.4 is 0 Å². The van der Waals surface area contributed by atoms with Crippen LogP contribution in [0.4, 0.5) is 13.2 Å². The number of likely N-dealkylation sites (tertiary alicyclic amines) is 1. The summed E-state index contributed by atoms with van der Waals surface area (Å²) in [6.45, 7) is 0.485. The number of aliphatic carboxylic acids is 1. The third-order valence-electron chi connectivity index (χ3n) is 2.73. The first-order chi connectivity index (χ1) is 6.73. The molecule has 1 aliphatic heterocycles. The monoisotopic (exact) mass is 227 g/mol. The Hall–Kier alpha value is -0.820. The van der Waals surface area contributed by atoms with Crippen molar-refractivity contribution in [1.29, 1.82) is 0 Å². The van der Waals surface area contributed by atoms with Crippen molar-refractivity contribution < 1.29 is 27.8 Å². The van der Waals surface area contributed by atoms with E-state index in [0.717, 1.165) is 7.11 Å². The minimum Gasteiger partial charge on any atom is -0.480 e. The second kappa shape index (κ2) is 3.64. The van der Waals surface area contributed by atoms with Gasteiger partial charge in [-0.25, -0.2) is 0 Å². The summed E-state index contributed by atoms with van der Waals surface area (Å²) >= 11 is 0. The highest BCUT2D eigenvalue weighted by Crippen LogP contribution is 2.41. The van der Waals surface area contributed by atoms with Crippen LogP contribution in [0.25, 0.3) is 0 Å². The number of carboxylic acid groups (broad SMARTS) is 1. The highest BCUT2D eigenvalue weighted by molar-refractivity contribution is 5.73. The highest BCUT2D eigenvalue weighted by Gasteiger charge is 2.63. The van der Waals surface area contributed by atoms with Crippen LogP contribution in [-0.2, 0) is 9.53 Å². The molecule has 1 saturated heterocycles. The van der Waals surface area contributed by atoms with Gasteiger partial charge in [0.1, 0.15) is 6.04 Å². The van der Waals surface area contributed by atoms with Crippen molar-refractivity contribution in [2.75, 3.05) is 20.2 Å². The predicted octanol–water partition coefficient (Wildman–Crippen LogP) is 0.723. The molecular weight excluding hydrogens is 215 g/mol. The maximum atomic E-state index is 12.5. The van der Waals surface area contributed by atoms with Gasteiger partial charge < -0.3 is 9.84 Å². The zero-order valence-corrected chi connectivity index (χ0v) is 8.34. The molecule has 4 nitrogen and oxygen atoms in total. The first-order valence-electron chi connectivity index (χ1n) is 4.32. The standard InChI is InChI=1S/C8H12F3NO3/c1-5(6(13)14)12-3-7(4-12,15-2)8(9,10)11/h5H,3-4H2,1-2H3,(H,13,14)/t5-/m1/s1. The van der Waals surface area contributed by atoms with Crippen LogP contribution in [0.15, 0.2) is 0 Å². The molecule has 1 rings (SSSR count). The fourth-order valence-corrected chi connectivity index (χ4v) is 1.46. The molecule has 1 aliphatic rings. The minimum atomic E-state index is -4.46. The van der Waals surface area contributed by atoms with Gasteiger partial charge >= 0.3 is 12.1 Å². The molecule has 0 amide bonds. The molecule has 0 bridgehead atoms. The molecule has 1 atom stereocenters. The molecule has 0 spiro atoms. The highest BCUT2D eigenvalue weighted by atomic mass is 19.4. The second-order valence-corrected chi connectivity index (χ2v) is 3.62. The number of hydrogen-bond acceptors (Lipinski definition) is 3. The van der Waals surface area contributed by atoms with Crippen LogP contribution in [-0.4, -0.2) is 54.0 Å². The average Bonchev–Trinajstić information content (AvgIpc) is 1.99. The lowest BCUT2D eigenvalue weighted by Gasteiger charge is -2.50. The summed E-state index contributed by atoms with van der Waals surface area (Å²) in [5.41, 5.74) is -2.20. The number of carboxylic acids is 1. The maximum Gasteiger partial charge on any atom is 0.419 e. The predicted molar refractivity (Wildman–Crippen MR) is 44.5 cm³/mol. The molecule has 0 aromatic rings. The van der Waals surface area contributed by atoms with E-state index in [1.54, 1.807) is 0 Å². The topological polar surface area (TPSA) is 49.8 Å². The molecule has 1 fully saturated rings. The minimum absolute atomic E-state index is 0.430. The Bertz CT molecular complexity index is 260. The van der Waals surface area contributed by atoms with Crippen molar-refractivity contribution in [3.05, 3.63) is 0 Å². The molecule has 7 heteroatoms. The van der Waals surface area contributed by atoms with Crippen LogP contribution >= 0.6 is 0 Å². The first-order valence-corrected chi connectivity index (χ1v) is 4.32. The molecule has 0 aromatic carbocycles. The van der Waals surface area contributed by atoms with Gasteiger partial charge in [-0.1, -0.05) is 0 Å². The van der Waals surface area contributed by atoms with E-state index < -0.39 is 36.9 Å². The fourth-order valence-electron chi connectivity index (χ4n) is 1.46. The number of alkyl halides is 3. The molecule has 0 radical (unpaired) electrons. The maximum absolute atomic E-state index is 12.5. The quantitative estimate of drug-likeness (QED) is 0.772. The first kappa shape index (κ1) is 12.3. The van der Waals surface area contributed by atoms with E-state index in [2.05, 4.69) is 4.74 Å². The SMILES string of the molecule is COC1(C(F)(F)F)CN([C@H](C)C(=O)O)C1. The molecule has 0 aliphatic carbocycles. The molecule has 1 N–H and O–H groups in total. The van der Waals surface area contributed by atoms with Gasteiger partial charge in [-0.05, 0) is 6.92 Å². The van der Waals surface area contributed by atoms with Gasteiger partial charge in [-0.2, -0.15) is 13.2 Å². The average molecular weight is 227 g/mol. The normalized spacial score (nSPS) is 23.3. The second-order valence-electron chi connectivity index (χ2n) is 3.62. The van der Waals surface area contributed by atoms with Gasteiger partial charge in [-0.15, -0.1) is 0 Å². The number of nitrogens with zero attached hydrogens (tertiary/aromatic N) is 1. The third kappa shape index (κ3) is 1.93. The van der Waals surface area contributed by atoms with E-state index in [9.17, 15) is 18.0 Å². The van der Waals surface area contributed by atoms with Gasteiger partial charge in [0.15, 0.2) is 5.60 Å². The summed E-state index contributed by atoms with van der Waals surface area (Å²) in [4.78, 5) is 11.7. The van der Waals surface area contributed by atoms with Crippen LogP contribution in [0, 0.1) is 0 Å². The lowest BCUT2D eigenvalue weighted by molar-refractivity contribution is -0.313. The lowest BCUT2D eigenvalue weighted by atomic mass is 9.91. The summed E-state index contributed by atoms with van der Waals surface area (Å²) < 4.78 is 41.9. The summed E-state index contributed by atoms with van der Waals surface area (Å²) in [6.07, 6.45) is -4.46. The fraction of sp³-hybridized carbons (Fsp3) is 0.875. The number of carbonyl (C=O) groups is 1. The molecule has 0 saturated carbocycles. The summed E-state index contributed by atoms with van der Waals surface area (Å²) in [7, 11) is 0.982. The zero-order valence-electron chi connectivity index (χ0n) is 8.34. The Kier molecular flexibility index (Phi) is 2.97. The number of hydrogen-bond donors (Lipinski definition) is 1. The van der Waals surface area contributed by atoms with Crippen LogP contribution in [0.5, 0.6) is 0 Å². The molecule has 0 aromatic heterocycles. The number of methoxy groups -OCH3 is 1. The molecule has 1 heterocycles. The number of ether oxygens (including phenoxy) is 1. The Morgan fingerprint density at radius 3 is 2.27 bits per heavy atom. The van der Waals surface area contributed by atoms with E-state index in [1.807, 2.05) is 0 Å². The van der Waals surface area contributed by atoms with Gasteiger partial charge in [0.25, 0.3) is 0 Å². The number of rotatable bonds is 3. The van der Waals surface area contributed by atoms with Crippen molar-refractivity contribution in [1.82, 2.24) is 4.90 Å². The number of halogens is 3. The van der Waals surface area contributed by atoms with Gasteiger partial charge in [0.05, 0.1) is 0 Å². The zero-order chi connectivity index (χ0) is 11.9. The van der Waals surface area contributed by atoms with E-state index in [1.165, 1.54) is 11.8 Å². The summed E-state index contributed by atoms with van der Waals surface area (Å²) in [6, 6.07) is -0.921. The van der Waals surface area contributed by atoms with Crippen LogP contribution in [0.2, 0.25) is 0 Å². The smallest absolute Gasteiger partial charge is 0.419 e. The van der Waals surface area contributed by atoms with E-state index >= 15 is 0 Å². The van der Waals surface area contributed by atoms with Gasteiger partial charge in [0.2, 0.25) is 0 Å². The van der Waals surface area contributed by atoms with Crippen molar-refractivity contribution in [2.24, 2.45) is 0 Å². The van der Waals surface area contributed by atoms with Crippen LogP contribution in [0.3, 0.4) is 0 Å². The molecule has 88 valence electrons. The molecule has 0 unspecified atom stereocenters. The third-order valence-corrected chi connectivity index (χ3v) is 2.73. The van der Waals surface area contributed by atoms with Gasteiger partial charge in [0, 0.05) is 20.2 Å². The van der Waals surface area contributed by atoms with E-state index in [0.29, 0.717) is 0 Å². The lowest BCUT2D eigenvalue weighted by Crippen LogP contribution is -2.72. The van der Waals surface area contributed by atoms with Gasteiger partial charge in [-0.3, -0.25) is 9.69 Å². The van der Waals surface area contributed by atoms with E-state index in [-0.39, 0.29) is 0 Å². The van der Waals surface area contributed by atoms with Crippen molar-refractivity contribution in [3.8, 4) is 0 Å². The molecular formula is C8H12F3NO3. The molecule has 15 heavy (non-hydrogen) atoms. The largest absolute Gasteiger partial charge is 0.480 e. The Morgan fingerprint density at radius 1 is 1.53 bits per heavy atom. The van der Waals surface area contributed by atoms with Crippen molar-refractivity contribution in [2.45, 2.75) is 24.7 Å². The Labute approximate surface area is 84.6 Å². The van der Waals surface area contributed by atoms with Crippen LogP contribution in [0.1, 0.15) is 6.92 Å². The Morgan fingerprint density at radius 2 is 2.00 bits per heavy atom.